The van der Waals surface area contributed by atoms with E-state index in [-0.39, 0.29) is 30.2 Å². The molecule has 1 fully saturated rings. The average Bonchev–Trinajstić information content (AvgIpc) is 2.78. The van der Waals surface area contributed by atoms with E-state index in [0.29, 0.717) is 31.5 Å². The summed E-state index contributed by atoms with van der Waals surface area (Å²) in [5.74, 6) is -0.891. The Hall–Kier alpha value is -3.21. The molecule has 1 saturated heterocycles. The molecule has 5 heteroatoms. The fourth-order valence-corrected chi connectivity index (χ4v) is 3.54. The van der Waals surface area contributed by atoms with E-state index < -0.39 is 0 Å². The maximum absolute atomic E-state index is 12.4. The first-order valence-corrected chi connectivity index (χ1v) is 10.2. The van der Waals surface area contributed by atoms with Crippen LogP contribution in [0.4, 0.5) is 0 Å². The van der Waals surface area contributed by atoms with Crippen molar-refractivity contribution in [2.24, 2.45) is 5.92 Å². The van der Waals surface area contributed by atoms with Crippen molar-refractivity contribution in [1.82, 2.24) is 4.90 Å². The number of benzene rings is 2. The van der Waals surface area contributed by atoms with Gasteiger partial charge in [0, 0.05) is 24.7 Å². The number of Topliss-reactive ketones (excluding diaryl/α,β-unsaturated/α-hetero) is 1. The molecule has 2 aromatic rings. The Balaban J connectivity index is 1.46. The molecule has 0 bridgehead atoms. The molecule has 1 aliphatic rings. The summed E-state index contributed by atoms with van der Waals surface area (Å²) in [5.41, 5.74) is 3.43. The van der Waals surface area contributed by atoms with Gasteiger partial charge in [0.2, 0.25) is 11.7 Å². The topological polar surface area (TPSA) is 63.7 Å². The molecule has 0 saturated carbocycles. The minimum absolute atomic E-state index is 0.0595. The second-order valence-electron chi connectivity index (χ2n) is 7.69. The van der Waals surface area contributed by atoms with Crippen LogP contribution in [0.25, 0.3) is 6.08 Å². The lowest BCUT2D eigenvalue weighted by Crippen LogP contribution is -2.40. The highest BCUT2D eigenvalue weighted by Gasteiger charge is 2.28. The van der Waals surface area contributed by atoms with Gasteiger partial charge in [0.05, 0.1) is 5.92 Å². The predicted molar refractivity (Wildman–Crippen MR) is 116 cm³/mol. The highest BCUT2D eigenvalue weighted by molar-refractivity contribution is 5.99. The Morgan fingerprint density at radius 2 is 1.73 bits per heavy atom. The van der Waals surface area contributed by atoms with Crippen molar-refractivity contribution < 1.29 is 19.1 Å². The molecule has 0 aromatic heterocycles. The molecule has 3 rings (SSSR count). The van der Waals surface area contributed by atoms with Gasteiger partial charge in [-0.25, -0.2) is 0 Å². The molecule has 156 valence electrons. The van der Waals surface area contributed by atoms with E-state index in [2.05, 4.69) is 0 Å². The molecular formula is C25H27NO4. The first-order chi connectivity index (χ1) is 14.4. The highest BCUT2D eigenvalue weighted by Crippen LogP contribution is 2.20. The summed E-state index contributed by atoms with van der Waals surface area (Å²) in [5, 5.41) is 0. The van der Waals surface area contributed by atoms with Crippen LogP contribution in [-0.4, -0.2) is 42.3 Å². The zero-order valence-corrected chi connectivity index (χ0v) is 17.5. The SMILES string of the molecule is Cc1ccc(C)c(C(=O)COC(=O)C2CCN(C(=O)/C=C/c3ccccc3)CC2)c1. The van der Waals surface area contributed by atoms with Crippen molar-refractivity contribution in [2.75, 3.05) is 19.7 Å². The largest absolute Gasteiger partial charge is 0.457 e. The fraction of sp³-hybridized carbons (Fsp3) is 0.320. The molecule has 0 unspecified atom stereocenters. The molecule has 5 nitrogen and oxygen atoms in total. The van der Waals surface area contributed by atoms with E-state index in [4.69, 9.17) is 4.74 Å². The molecule has 1 aliphatic heterocycles. The summed E-state index contributed by atoms with van der Waals surface area (Å²) in [7, 11) is 0. The number of carbonyl (C=O) groups excluding carboxylic acids is 3. The van der Waals surface area contributed by atoms with Gasteiger partial charge in [-0.3, -0.25) is 14.4 Å². The van der Waals surface area contributed by atoms with Gasteiger partial charge >= 0.3 is 5.97 Å². The van der Waals surface area contributed by atoms with Crippen LogP contribution in [0, 0.1) is 19.8 Å². The zero-order valence-electron chi connectivity index (χ0n) is 17.5. The van der Waals surface area contributed by atoms with Gasteiger partial charge in [-0.15, -0.1) is 0 Å². The third-order valence-electron chi connectivity index (χ3n) is 5.40. The summed E-state index contributed by atoms with van der Waals surface area (Å²) in [6, 6.07) is 15.3. The van der Waals surface area contributed by atoms with Crippen LogP contribution in [0.5, 0.6) is 0 Å². The third kappa shape index (κ3) is 5.66. The second kappa shape index (κ2) is 10.0. The predicted octanol–water partition coefficient (Wildman–Crippen LogP) is 3.98. The Morgan fingerprint density at radius 1 is 1.03 bits per heavy atom. The van der Waals surface area contributed by atoms with Gasteiger partial charge in [0.15, 0.2) is 6.61 Å². The number of ketones is 1. The lowest BCUT2D eigenvalue weighted by atomic mass is 9.97. The van der Waals surface area contributed by atoms with Crippen molar-refractivity contribution in [3.63, 3.8) is 0 Å². The van der Waals surface area contributed by atoms with Crippen LogP contribution in [-0.2, 0) is 14.3 Å². The number of likely N-dealkylation sites (tertiary alicyclic amines) is 1. The van der Waals surface area contributed by atoms with Crippen LogP contribution < -0.4 is 0 Å². The van der Waals surface area contributed by atoms with E-state index in [0.717, 1.165) is 16.7 Å². The quantitative estimate of drug-likeness (QED) is 0.414. The number of hydrogen-bond acceptors (Lipinski definition) is 4. The molecule has 1 heterocycles. The molecule has 0 radical (unpaired) electrons. The summed E-state index contributed by atoms with van der Waals surface area (Å²) in [6.45, 7) is 4.55. The Bertz CT molecular complexity index is 941. The molecule has 1 amide bonds. The van der Waals surface area contributed by atoms with Crippen molar-refractivity contribution >= 4 is 23.7 Å². The van der Waals surface area contributed by atoms with Crippen LogP contribution in [0.1, 0.15) is 39.9 Å². The first kappa shape index (κ1) is 21.5. The number of carbonyl (C=O) groups is 3. The number of piperidine rings is 1. The van der Waals surface area contributed by atoms with Crippen LogP contribution in [0.3, 0.4) is 0 Å². The average molecular weight is 405 g/mol. The Kier molecular flexibility index (Phi) is 7.17. The molecule has 0 aliphatic carbocycles. The minimum atomic E-state index is -0.361. The highest BCUT2D eigenvalue weighted by atomic mass is 16.5. The molecule has 0 atom stereocenters. The van der Waals surface area contributed by atoms with Gasteiger partial charge in [0.25, 0.3) is 0 Å². The van der Waals surface area contributed by atoms with Gasteiger partial charge < -0.3 is 9.64 Å². The van der Waals surface area contributed by atoms with Crippen LogP contribution in [0.2, 0.25) is 0 Å². The normalized spacial score (nSPS) is 14.7. The Labute approximate surface area is 177 Å². The van der Waals surface area contributed by atoms with Gasteiger partial charge in [-0.1, -0.05) is 48.0 Å². The number of hydrogen-bond donors (Lipinski definition) is 0. The smallest absolute Gasteiger partial charge is 0.309 e. The van der Waals surface area contributed by atoms with Gasteiger partial charge in [-0.2, -0.15) is 0 Å². The number of ether oxygens (including phenoxy) is 1. The summed E-state index contributed by atoms with van der Waals surface area (Å²) in [4.78, 5) is 38.9. The maximum Gasteiger partial charge on any atom is 0.309 e. The van der Waals surface area contributed by atoms with Crippen molar-refractivity contribution in [1.29, 1.82) is 0 Å². The maximum atomic E-state index is 12.4. The molecule has 2 aromatic carbocycles. The Morgan fingerprint density at radius 3 is 2.43 bits per heavy atom. The molecule has 30 heavy (non-hydrogen) atoms. The van der Waals surface area contributed by atoms with Crippen molar-refractivity contribution in [3.8, 4) is 0 Å². The number of rotatable bonds is 6. The minimum Gasteiger partial charge on any atom is -0.457 e. The lowest BCUT2D eigenvalue weighted by Gasteiger charge is -2.30. The van der Waals surface area contributed by atoms with E-state index in [9.17, 15) is 14.4 Å². The number of amides is 1. The first-order valence-electron chi connectivity index (χ1n) is 10.2. The standard InChI is InChI=1S/C25H27NO4/c1-18-8-9-19(2)22(16-18)23(27)17-30-25(29)21-12-14-26(15-13-21)24(28)11-10-20-6-4-3-5-7-20/h3-11,16,21H,12-15,17H2,1-2H3/b11-10+. The summed E-state index contributed by atoms with van der Waals surface area (Å²) in [6.07, 6.45) is 4.45. The fourth-order valence-electron chi connectivity index (χ4n) is 3.54. The number of esters is 1. The van der Waals surface area contributed by atoms with Crippen LogP contribution >= 0.6 is 0 Å². The number of aryl methyl sites for hydroxylation is 2. The zero-order chi connectivity index (χ0) is 21.5. The van der Waals surface area contributed by atoms with E-state index in [1.807, 2.05) is 62.4 Å². The van der Waals surface area contributed by atoms with E-state index >= 15 is 0 Å². The second-order valence-corrected chi connectivity index (χ2v) is 7.69. The van der Waals surface area contributed by atoms with E-state index in [1.165, 1.54) is 0 Å². The lowest BCUT2D eigenvalue weighted by molar-refractivity contribution is -0.150. The van der Waals surface area contributed by atoms with Crippen molar-refractivity contribution in [3.05, 3.63) is 76.9 Å². The molecule has 0 N–H and O–H groups in total. The monoisotopic (exact) mass is 405 g/mol. The summed E-state index contributed by atoms with van der Waals surface area (Å²) >= 11 is 0. The van der Waals surface area contributed by atoms with Gasteiger partial charge in [0.1, 0.15) is 0 Å². The molecular weight excluding hydrogens is 378 g/mol. The molecule has 0 spiro atoms. The van der Waals surface area contributed by atoms with Crippen molar-refractivity contribution in [2.45, 2.75) is 26.7 Å². The number of nitrogens with zero attached hydrogens (tertiary/aromatic N) is 1. The third-order valence-corrected chi connectivity index (χ3v) is 5.40. The summed E-state index contributed by atoms with van der Waals surface area (Å²) < 4.78 is 5.29. The van der Waals surface area contributed by atoms with Gasteiger partial charge in [-0.05, 0) is 50.0 Å². The van der Waals surface area contributed by atoms with Crippen LogP contribution in [0.15, 0.2) is 54.6 Å². The van der Waals surface area contributed by atoms with E-state index in [1.54, 1.807) is 17.1 Å².